The molecule has 1 rings (SSSR count). The Morgan fingerprint density at radius 2 is 2.12 bits per heavy atom. The van der Waals surface area contributed by atoms with Crippen molar-refractivity contribution in [3.8, 4) is 0 Å². The van der Waals surface area contributed by atoms with E-state index in [1.54, 1.807) is 18.2 Å². The summed E-state index contributed by atoms with van der Waals surface area (Å²) in [5.41, 5.74) is 0.964. The van der Waals surface area contributed by atoms with E-state index < -0.39 is 5.97 Å². The molecule has 1 aromatic rings. The lowest BCUT2D eigenvalue weighted by Crippen LogP contribution is -2.22. The fourth-order valence-corrected chi connectivity index (χ4v) is 1.74. The first-order valence-electron chi connectivity index (χ1n) is 5.65. The SMILES string of the molecule is CC(C)CCN(C)c1cc(Cl)ccc1C(=O)O. The Kier molecular flexibility index (Phi) is 4.82. The molecule has 3 nitrogen and oxygen atoms in total. The van der Waals surface area contributed by atoms with Crippen LogP contribution in [-0.2, 0) is 0 Å². The molecule has 0 radical (unpaired) electrons. The van der Waals surface area contributed by atoms with Crippen LogP contribution in [0.2, 0.25) is 5.02 Å². The predicted molar refractivity (Wildman–Crippen MR) is 71.1 cm³/mol. The van der Waals surface area contributed by atoms with E-state index in [-0.39, 0.29) is 0 Å². The van der Waals surface area contributed by atoms with Crippen molar-refractivity contribution in [3.63, 3.8) is 0 Å². The topological polar surface area (TPSA) is 40.5 Å². The van der Waals surface area contributed by atoms with Crippen LogP contribution in [0.15, 0.2) is 18.2 Å². The van der Waals surface area contributed by atoms with Crippen LogP contribution < -0.4 is 4.90 Å². The van der Waals surface area contributed by atoms with Gasteiger partial charge in [0.05, 0.1) is 11.3 Å². The maximum Gasteiger partial charge on any atom is 0.337 e. The Morgan fingerprint density at radius 3 is 2.65 bits per heavy atom. The third-order valence-corrected chi connectivity index (χ3v) is 2.88. The molecule has 4 heteroatoms. The number of carboxylic acid groups (broad SMARTS) is 1. The summed E-state index contributed by atoms with van der Waals surface area (Å²) in [6.45, 7) is 5.10. The highest BCUT2D eigenvalue weighted by Crippen LogP contribution is 2.24. The van der Waals surface area contributed by atoms with Crippen LogP contribution in [-0.4, -0.2) is 24.7 Å². The Bertz CT molecular complexity index is 404. The summed E-state index contributed by atoms with van der Waals surface area (Å²) in [7, 11) is 1.89. The average Bonchev–Trinajstić information content (AvgIpc) is 2.25. The van der Waals surface area contributed by atoms with Crippen molar-refractivity contribution in [1.29, 1.82) is 0 Å². The van der Waals surface area contributed by atoms with Crippen LogP contribution in [0.3, 0.4) is 0 Å². The van der Waals surface area contributed by atoms with Gasteiger partial charge in [-0.3, -0.25) is 0 Å². The number of benzene rings is 1. The van der Waals surface area contributed by atoms with Gasteiger partial charge in [0.2, 0.25) is 0 Å². The van der Waals surface area contributed by atoms with Crippen molar-refractivity contribution in [3.05, 3.63) is 28.8 Å². The fraction of sp³-hybridized carbons (Fsp3) is 0.462. The highest BCUT2D eigenvalue weighted by molar-refractivity contribution is 6.31. The first-order valence-corrected chi connectivity index (χ1v) is 6.03. The van der Waals surface area contributed by atoms with E-state index in [4.69, 9.17) is 16.7 Å². The van der Waals surface area contributed by atoms with Gasteiger partial charge < -0.3 is 10.0 Å². The van der Waals surface area contributed by atoms with Gasteiger partial charge in [-0.1, -0.05) is 25.4 Å². The highest BCUT2D eigenvalue weighted by Gasteiger charge is 2.14. The van der Waals surface area contributed by atoms with Gasteiger partial charge in [-0.15, -0.1) is 0 Å². The van der Waals surface area contributed by atoms with Crippen molar-refractivity contribution in [2.45, 2.75) is 20.3 Å². The molecule has 0 aliphatic carbocycles. The summed E-state index contributed by atoms with van der Waals surface area (Å²) >= 11 is 5.91. The zero-order valence-corrected chi connectivity index (χ0v) is 11.2. The van der Waals surface area contributed by atoms with Gasteiger partial charge in [-0.25, -0.2) is 4.79 Å². The average molecular weight is 256 g/mol. The molecule has 0 aliphatic heterocycles. The van der Waals surface area contributed by atoms with Crippen molar-refractivity contribution < 1.29 is 9.90 Å². The van der Waals surface area contributed by atoms with E-state index in [1.807, 2.05) is 11.9 Å². The number of nitrogens with zero attached hydrogens (tertiary/aromatic N) is 1. The highest BCUT2D eigenvalue weighted by atomic mass is 35.5. The first kappa shape index (κ1) is 13.8. The Morgan fingerprint density at radius 1 is 1.47 bits per heavy atom. The zero-order chi connectivity index (χ0) is 13.0. The van der Waals surface area contributed by atoms with Crippen LogP contribution in [0.1, 0.15) is 30.6 Å². The monoisotopic (exact) mass is 255 g/mol. The summed E-state index contributed by atoms with van der Waals surface area (Å²) in [4.78, 5) is 13.0. The van der Waals surface area contributed by atoms with Crippen molar-refractivity contribution >= 4 is 23.3 Å². The van der Waals surface area contributed by atoms with E-state index in [9.17, 15) is 4.79 Å². The molecular weight excluding hydrogens is 238 g/mol. The number of halogens is 1. The minimum atomic E-state index is -0.923. The predicted octanol–water partition coefficient (Wildman–Crippen LogP) is 3.52. The van der Waals surface area contributed by atoms with E-state index in [0.717, 1.165) is 13.0 Å². The lowest BCUT2D eigenvalue weighted by atomic mass is 10.1. The van der Waals surface area contributed by atoms with Gasteiger partial charge in [-0.05, 0) is 30.5 Å². The number of rotatable bonds is 5. The van der Waals surface area contributed by atoms with Crippen molar-refractivity contribution in [1.82, 2.24) is 0 Å². The maximum absolute atomic E-state index is 11.1. The Labute approximate surface area is 107 Å². The molecule has 0 aromatic heterocycles. The van der Waals surface area contributed by atoms with E-state index in [0.29, 0.717) is 22.2 Å². The van der Waals surface area contributed by atoms with Crippen molar-refractivity contribution in [2.24, 2.45) is 5.92 Å². The maximum atomic E-state index is 11.1. The second kappa shape index (κ2) is 5.92. The van der Waals surface area contributed by atoms with Gasteiger partial charge in [0, 0.05) is 18.6 Å². The number of aromatic carboxylic acids is 1. The van der Waals surface area contributed by atoms with Crippen LogP contribution in [0.25, 0.3) is 0 Å². The molecule has 0 spiro atoms. The van der Waals surface area contributed by atoms with Crippen molar-refractivity contribution in [2.75, 3.05) is 18.5 Å². The second-order valence-corrected chi connectivity index (χ2v) is 5.01. The molecule has 0 bridgehead atoms. The molecule has 0 atom stereocenters. The molecule has 0 heterocycles. The minimum Gasteiger partial charge on any atom is -0.478 e. The normalized spacial score (nSPS) is 10.6. The molecular formula is C13H18ClNO2. The summed E-state index contributed by atoms with van der Waals surface area (Å²) < 4.78 is 0. The largest absolute Gasteiger partial charge is 0.478 e. The quantitative estimate of drug-likeness (QED) is 0.875. The van der Waals surface area contributed by atoms with Crippen LogP contribution in [0.5, 0.6) is 0 Å². The third-order valence-electron chi connectivity index (χ3n) is 2.64. The second-order valence-electron chi connectivity index (χ2n) is 4.57. The van der Waals surface area contributed by atoms with E-state index in [1.165, 1.54) is 0 Å². The number of hydrogen-bond donors (Lipinski definition) is 1. The molecule has 1 aromatic carbocycles. The molecule has 17 heavy (non-hydrogen) atoms. The number of hydrogen-bond acceptors (Lipinski definition) is 2. The molecule has 0 unspecified atom stereocenters. The fourth-order valence-electron chi connectivity index (χ4n) is 1.57. The zero-order valence-electron chi connectivity index (χ0n) is 10.4. The van der Waals surface area contributed by atoms with E-state index in [2.05, 4.69) is 13.8 Å². The number of anilines is 1. The molecule has 1 N–H and O–H groups in total. The Hall–Kier alpha value is -1.22. The van der Waals surface area contributed by atoms with Gasteiger partial charge in [0.15, 0.2) is 0 Å². The molecule has 0 saturated carbocycles. The van der Waals surface area contributed by atoms with Crippen LogP contribution in [0, 0.1) is 5.92 Å². The van der Waals surface area contributed by atoms with Gasteiger partial charge in [0.1, 0.15) is 0 Å². The third kappa shape index (κ3) is 3.93. The molecule has 0 fully saturated rings. The molecule has 0 aliphatic rings. The van der Waals surface area contributed by atoms with Crippen LogP contribution >= 0.6 is 11.6 Å². The minimum absolute atomic E-state index is 0.292. The lowest BCUT2D eigenvalue weighted by Gasteiger charge is -2.22. The van der Waals surface area contributed by atoms with Gasteiger partial charge in [0.25, 0.3) is 0 Å². The lowest BCUT2D eigenvalue weighted by molar-refractivity contribution is 0.0697. The summed E-state index contributed by atoms with van der Waals surface area (Å²) in [6, 6.07) is 4.85. The first-order chi connectivity index (χ1) is 7.91. The molecule has 94 valence electrons. The van der Waals surface area contributed by atoms with Gasteiger partial charge in [-0.2, -0.15) is 0 Å². The Balaban J connectivity index is 2.94. The summed E-state index contributed by atoms with van der Waals surface area (Å²) in [6.07, 6.45) is 1.02. The van der Waals surface area contributed by atoms with E-state index >= 15 is 0 Å². The molecule has 0 amide bonds. The summed E-state index contributed by atoms with van der Waals surface area (Å²) in [5, 5.41) is 9.67. The standard InChI is InChI=1S/C13H18ClNO2/c1-9(2)6-7-15(3)12-8-10(14)4-5-11(12)13(16)17/h4-5,8-9H,6-7H2,1-3H3,(H,16,17). The summed E-state index contributed by atoms with van der Waals surface area (Å²) in [5.74, 6) is -0.335. The smallest absolute Gasteiger partial charge is 0.337 e. The molecule has 0 saturated heterocycles. The van der Waals surface area contributed by atoms with Crippen LogP contribution in [0.4, 0.5) is 5.69 Å². The number of carboxylic acids is 1. The van der Waals surface area contributed by atoms with Gasteiger partial charge >= 0.3 is 5.97 Å². The number of carbonyl (C=O) groups is 1.